The van der Waals surface area contributed by atoms with Crippen LogP contribution in [-0.2, 0) is 6.42 Å². The summed E-state index contributed by atoms with van der Waals surface area (Å²) in [6.07, 6.45) is 1.26. The van der Waals surface area contributed by atoms with Crippen LogP contribution in [-0.4, -0.2) is 17.6 Å². The van der Waals surface area contributed by atoms with Crippen molar-refractivity contribution in [2.45, 2.75) is 32.8 Å². The highest BCUT2D eigenvalue weighted by Crippen LogP contribution is 2.15. The Kier molecular flexibility index (Phi) is 5.17. The van der Waals surface area contributed by atoms with Crippen molar-refractivity contribution in [3.8, 4) is 0 Å². The fraction of sp³-hybridized carbons (Fsp3) is 0.353. The summed E-state index contributed by atoms with van der Waals surface area (Å²) in [6, 6.07) is 11.0. The number of carbonyl (C=O) groups is 1. The molecule has 0 radical (unpaired) electrons. The first-order chi connectivity index (χ1) is 10.1. The van der Waals surface area contributed by atoms with Gasteiger partial charge in [0.2, 0.25) is 0 Å². The Hall–Kier alpha value is -2.07. The van der Waals surface area contributed by atoms with Crippen molar-refractivity contribution in [3.05, 3.63) is 59.0 Å². The molecule has 1 amide bonds. The van der Waals surface area contributed by atoms with Crippen LogP contribution in [0.4, 0.5) is 0 Å². The van der Waals surface area contributed by atoms with Gasteiger partial charge in [-0.2, -0.15) is 0 Å². The zero-order valence-electron chi connectivity index (χ0n) is 12.4. The van der Waals surface area contributed by atoms with Crippen LogP contribution in [0.15, 0.2) is 40.8 Å². The van der Waals surface area contributed by atoms with E-state index in [1.807, 2.05) is 31.2 Å². The smallest absolute Gasteiger partial charge is 0.251 e. The second kappa shape index (κ2) is 7.09. The predicted octanol–water partition coefficient (Wildman–Crippen LogP) is 3.00. The number of hydrogen-bond donors (Lipinski definition) is 2. The van der Waals surface area contributed by atoms with Crippen LogP contribution in [0.5, 0.6) is 0 Å². The quantitative estimate of drug-likeness (QED) is 0.858. The molecule has 4 nitrogen and oxygen atoms in total. The van der Waals surface area contributed by atoms with Crippen LogP contribution < -0.4 is 5.32 Å². The van der Waals surface area contributed by atoms with Crippen LogP contribution >= 0.6 is 0 Å². The van der Waals surface area contributed by atoms with Crippen LogP contribution in [0.2, 0.25) is 0 Å². The minimum atomic E-state index is -0.831. The Morgan fingerprint density at radius 1 is 1.24 bits per heavy atom. The molecular formula is C17H21NO3. The van der Waals surface area contributed by atoms with Gasteiger partial charge in [0, 0.05) is 5.56 Å². The van der Waals surface area contributed by atoms with Crippen molar-refractivity contribution in [2.24, 2.45) is 0 Å². The average Bonchev–Trinajstić information content (AvgIpc) is 2.92. The maximum Gasteiger partial charge on any atom is 0.251 e. The van der Waals surface area contributed by atoms with Gasteiger partial charge in [0.25, 0.3) is 5.91 Å². The van der Waals surface area contributed by atoms with Gasteiger partial charge in [-0.1, -0.05) is 25.5 Å². The van der Waals surface area contributed by atoms with E-state index in [0.29, 0.717) is 11.3 Å². The molecule has 0 aliphatic rings. The number of hydrogen-bond acceptors (Lipinski definition) is 3. The first-order valence-corrected chi connectivity index (χ1v) is 7.21. The van der Waals surface area contributed by atoms with E-state index >= 15 is 0 Å². The summed E-state index contributed by atoms with van der Waals surface area (Å²) in [5, 5.41) is 12.6. The number of rotatable bonds is 6. The Morgan fingerprint density at radius 3 is 2.52 bits per heavy atom. The summed E-state index contributed by atoms with van der Waals surface area (Å²) in [7, 11) is 0. The number of benzene rings is 1. The van der Waals surface area contributed by atoms with Crippen LogP contribution in [0.25, 0.3) is 0 Å². The van der Waals surface area contributed by atoms with Crippen LogP contribution in [0.3, 0.4) is 0 Å². The van der Waals surface area contributed by atoms with E-state index in [-0.39, 0.29) is 12.5 Å². The number of nitrogens with one attached hydrogen (secondary N) is 1. The first kappa shape index (κ1) is 15.3. The van der Waals surface area contributed by atoms with Crippen LogP contribution in [0.1, 0.15) is 46.9 Å². The van der Waals surface area contributed by atoms with Gasteiger partial charge in [0.1, 0.15) is 17.6 Å². The van der Waals surface area contributed by atoms with Crippen molar-refractivity contribution in [1.29, 1.82) is 0 Å². The Balaban J connectivity index is 1.89. The Bertz CT molecular complexity index is 586. The summed E-state index contributed by atoms with van der Waals surface area (Å²) in [6.45, 7) is 4.06. The monoisotopic (exact) mass is 287 g/mol. The largest absolute Gasteiger partial charge is 0.464 e. The Morgan fingerprint density at radius 2 is 1.95 bits per heavy atom. The summed E-state index contributed by atoms with van der Waals surface area (Å²) in [5.41, 5.74) is 1.82. The van der Waals surface area contributed by atoms with Gasteiger partial charge in [0.15, 0.2) is 0 Å². The molecule has 1 unspecified atom stereocenters. The normalized spacial score (nSPS) is 12.1. The topological polar surface area (TPSA) is 62.5 Å². The first-order valence-electron chi connectivity index (χ1n) is 7.21. The highest BCUT2D eigenvalue weighted by atomic mass is 16.4. The molecule has 0 aliphatic heterocycles. The highest BCUT2D eigenvalue weighted by Gasteiger charge is 2.13. The molecule has 1 atom stereocenters. The van der Waals surface area contributed by atoms with E-state index in [1.54, 1.807) is 12.1 Å². The molecule has 21 heavy (non-hydrogen) atoms. The van der Waals surface area contributed by atoms with Crippen LogP contribution in [0, 0.1) is 6.92 Å². The molecule has 2 rings (SSSR count). The number of aryl methyl sites for hydroxylation is 2. The summed E-state index contributed by atoms with van der Waals surface area (Å²) in [4.78, 5) is 12.0. The van der Waals surface area contributed by atoms with Crippen molar-refractivity contribution in [1.82, 2.24) is 5.32 Å². The number of aliphatic hydroxyl groups excluding tert-OH is 1. The third kappa shape index (κ3) is 4.20. The van der Waals surface area contributed by atoms with Gasteiger partial charge in [0.05, 0.1) is 6.54 Å². The lowest BCUT2D eigenvalue weighted by Gasteiger charge is -2.10. The molecule has 2 aromatic rings. The lowest BCUT2D eigenvalue weighted by Crippen LogP contribution is -2.28. The molecular weight excluding hydrogens is 266 g/mol. The molecule has 4 heteroatoms. The van der Waals surface area contributed by atoms with E-state index in [1.165, 1.54) is 5.56 Å². The third-order valence-electron chi connectivity index (χ3n) is 3.30. The van der Waals surface area contributed by atoms with Crippen molar-refractivity contribution >= 4 is 5.91 Å². The predicted molar refractivity (Wildman–Crippen MR) is 81.2 cm³/mol. The van der Waals surface area contributed by atoms with E-state index in [9.17, 15) is 9.90 Å². The second-order valence-electron chi connectivity index (χ2n) is 5.12. The Labute approximate surface area is 124 Å². The molecule has 1 aromatic carbocycles. The minimum Gasteiger partial charge on any atom is -0.464 e. The molecule has 1 aromatic heterocycles. The second-order valence-corrected chi connectivity index (χ2v) is 5.12. The molecule has 112 valence electrons. The fourth-order valence-corrected chi connectivity index (χ4v) is 2.14. The lowest BCUT2D eigenvalue weighted by molar-refractivity contribution is 0.0900. The van der Waals surface area contributed by atoms with Crippen molar-refractivity contribution in [3.63, 3.8) is 0 Å². The molecule has 0 spiro atoms. The number of aliphatic hydroxyl groups is 1. The lowest BCUT2D eigenvalue weighted by atomic mass is 10.1. The van der Waals surface area contributed by atoms with Crippen molar-refractivity contribution in [2.75, 3.05) is 6.54 Å². The zero-order valence-corrected chi connectivity index (χ0v) is 12.4. The summed E-state index contributed by atoms with van der Waals surface area (Å²) in [5.74, 6) is 1.01. The van der Waals surface area contributed by atoms with E-state index in [4.69, 9.17) is 4.42 Å². The zero-order chi connectivity index (χ0) is 15.2. The van der Waals surface area contributed by atoms with Crippen molar-refractivity contribution < 1.29 is 14.3 Å². The van der Waals surface area contributed by atoms with Gasteiger partial charge in [-0.3, -0.25) is 4.79 Å². The third-order valence-corrected chi connectivity index (χ3v) is 3.30. The molecule has 0 saturated carbocycles. The van der Waals surface area contributed by atoms with Gasteiger partial charge < -0.3 is 14.8 Å². The molecule has 0 saturated heterocycles. The van der Waals surface area contributed by atoms with E-state index < -0.39 is 6.10 Å². The van der Waals surface area contributed by atoms with Gasteiger partial charge in [-0.25, -0.2) is 0 Å². The molecule has 0 bridgehead atoms. The maximum absolute atomic E-state index is 12.0. The highest BCUT2D eigenvalue weighted by molar-refractivity contribution is 5.94. The number of furan rings is 1. The van der Waals surface area contributed by atoms with Gasteiger partial charge >= 0.3 is 0 Å². The number of carbonyl (C=O) groups excluding carboxylic acids is 1. The summed E-state index contributed by atoms with van der Waals surface area (Å²) >= 11 is 0. The maximum atomic E-state index is 12.0. The van der Waals surface area contributed by atoms with E-state index in [0.717, 1.165) is 18.6 Å². The van der Waals surface area contributed by atoms with E-state index in [2.05, 4.69) is 12.2 Å². The fourth-order valence-electron chi connectivity index (χ4n) is 2.14. The summed E-state index contributed by atoms with van der Waals surface area (Å²) < 4.78 is 5.32. The van der Waals surface area contributed by atoms with Gasteiger partial charge in [-0.05, 0) is 43.2 Å². The van der Waals surface area contributed by atoms with Gasteiger partial charge in [-0.15, -0.1) is 0 Å². The SMILES string of the molecule is CCCc1ccc(C(=O)NCC(O)c2ccc(C)o2)cc1. The number of amides is 1. The average molecular weight is 287 g/mol. The molecule has 1 heterocycles. The molecule has 0 aliphatic carbocycles. The molecule has 0 fully saturated rings. The standard InChI is InChI=1S/C17H21NO3/c1-3-4-13-6-8-14(9-7-13)17(20)18-11-15(19)16-10-5-12(2)21-16/h5-10,15,19H,3-4,11H2,1-2H3,(H,18,20). The minimum absolute atomic E-state index is 0.127. The molecule has 2 N–H and O–H groups in total.